The van der Waals surface area contributed by atoms with E-state index in [9.17, 15) is 14.7 Å². The number of para-hydroxylation sites is 1. The average molecular weight is 637 g/mol. The minimum atomic E-state index is -1.11. The number of amides is 1. The fourth-order valence-corrected chi connectivity index (χ4v) is 7.07. The highest BCUT2D eigenvalue weighted by molar-refractivity contribution is 7.22. The predicted octanol–water partition coefficient (Wildman–Crippen LogP) is 7.27. The minimum Gasteiger partial charge on any atom is -0.476 e. The summed E-state index contributed by atoms with van der Waals surface area (Å²) in [6.07, 6.45) is 4.23. The second kappa shape index (κ2) is 11.8. The summed E-state index contributed by atoms with van der Waals surface area (Å²) < 4.78 is 2.81. The van der Waals surface area contributed by atoms with Crippen molar-refractivity contribution in [1.29, 1.82) is 0 Å². The molecule has 8 rings (SSSR count). The Morgan fingerprint density at radius 1 is 0.894 bits per heavy atom. The van der Waals surface area contributed by atoms with Crippen LogP contribution in [0.1, 0.15) is 37.5 Å². The minimum absolute atomic E-state index is 0.0413. The van der Waals surface area contributed by atoms with Gasteiger partial charge in [-0.15, -0.1) is 0 Å². The number of rotatable bonds is 7. The van der Waals surface area contributed by atoms with Gasteiger partial charge in [-0.3, -0.25) is 14.8 Å². The molecule has 0 saturated heterocycles. The van der Waals surface area contributed by atoms with E-state index in [1.54, 1.807) is 12.3 Å². The van der Waals surface area contributed by atoms with Crippen molar-refractivity contribution >= 4 is 55.2 Å². The first-order valence-corrected chi connectivity index (χ1v) is 16.1. The van der Waals surface area contributed by atoms with Gasteiger partial charge in [0.05, 0.1) is 23.0 Å². The number of benzene rings is 4. The van der Waals surface area contributed by atoms with Crippen LogP contribution >= 0.6 is 11.3 Å². The van der Waals surface area contributed by atoms with Crippen LogP contribution < -0.4 is 10.2 Å². The second-order valence-electron chi connectivity index (χ2n) is 11.5. The third-order valence-electron chi connectivity index (χ3n) is 8.54. The third kappa shape index (κ3) is 5.59. The standard InChI is InChI=1S/C37H28N6O3S/c44-35(41-37-39-31-10-3-4-11-32(31)47-37)29-9-5-8-25-16-17-42(22-30(25)29)33-15-14-28(34(40-33)36(45)46)27-19-38-43(21-27)20-23-12-13-24-6-1-2-7-26(24)18-23/h1-15,18-19,21H,16-17,20,22H2,(H,45,46)(H,39,41,44). The zero-order valence-corrected chi connectivity index (χ0v) is 25.9. The number of anilines is 2. The van der Waals surface area contributed by atoms with Crippen LogP contribution in [0.3, 0.4) is 0 Å². The number of nitrogens with zero attached hydrogens (tertiary/aromatic N) is 5. The Kier molecular flexibility index (Phi) is 7.18. The molecular formula is C37H28N6O3S. The molecule has 0 aliphatic carbocycles. The van der Waals surface area contributed by atoms with Crippen LogP contribution in [0.4, 0.5) is 10.9 Å². The van der Waals surface area contributed by atoms with Crippen molar-refractivity contribution in [3.8, 4) is 11.1 Å². The Hall–Kier alpha value is -5.87. The first-order valence-electron chi connectivity index (χ1n) is 15.3. The molecule has 1 amide bonds. The zero-order valence-electron chi connectivity index (χ0n) is 25.1. The first-order chi connectivity index (χ1) is 23.0. The molecule has 4 aromatic carbocycles. The van der Waals surface area contributed by atoms with Gasteiger partial charge in [-0.05, 0) is 70.3 Å². The Labute approximate surface area is 273 Å². The quantitative estimate of drug-likeness (QED) is 0.189. The number of hydrogen-bond donors (Lipinski definition) is 2. The van der Waals surface area contributed by atoms with Crippen LogP contribution in [0.25, 0.3) is 32.1 Å². The Morgan fingerprint density at radius 2 is 1.74 bits per heavy atom. The van der Waals surface area contributed by atoms with Crippen LogP contribution in [0, 0.1) is 0 Å². The van der Waals surface area contributed by atoms with Crippen LogP contribution in [-0.4, -0.2) is 43.3 Å². The number of hydrogen-bond acceptors (Lipinski definition) is 7. The summed E-state index contributed by atoms with van der Waals surface area (Å²) in [5.74, 6) is -0.794. The number of aromatic nitrogens is 4. The molecule has 0 saturated carbocycles. The van der Waals surface area contributed by atoms with Crippen LogP contribution in [0.5, 0.6) is 0 Å². The number of carbonyl (C=O) groups excluding carboxylic acids is 1. The monoisotopic (exact) mass is 636 g/mol. The summed E-state index contributed by atoms with van der Waals surface area (Å²) >= 11 is 1.44. The van der Waals surface area contributed by atoms with E-state index >= 15 is 0 Å². The van der Waals surface area contributed by atoms with E-state index < -0.39 is 5.97 Å². The van der Waals surface area contributed by atoms with Crippen molar-refractivity contribution in [2.24, 2.45) is 0 Å². The van der Waals surface area contributed by atoms with Gasteiger partial charge in [-0.1, -0.05) is 72.0 Å². The molecule has 0 spiro atoms. The molecule has 0 unspecified atom stereocenters. The average Bonchev–Trinajstić information content (AvgIpc) is 3.74. The predicted molar refractivity (Wildman–Crippen MR) is 184 cm³/mol. The number of pyridine rings is 1. The van der Waals surface area contributed by atoms with Crippen molar-refractivity contribution in [2.45, 2.75) is 19.5 Å². The van der Waals surface area contributed by atoms with Gasteiger partial charge in [-0.25, -0.2) is 14.8 Å². The highest BCUT2D eigenvalue weighted by Crippen LogP contribution is 2.31. The van der Waals surface area contributed by atoms with Crippen molar-refractivity contribution in [3.05, 3.63) is 137 Å². The van der Waals surface area contributed by atoms with E-state index in [2.05, 4.69) is 50.7 Å². The van der Waals surface area contributed by atoms with Gasteiger partial charge < -0.3 is 10.0 Å². The van der Waals surface area contributed by atoms with E-state index in [1.165, 1.54) is 16.7 Å². The van der Waals surface area contributed by atoms with Crippen molar-refractivity contribution in [2.75, 3.05) is 16.8 Å². The fourth-order valence-electron chi connectivity index (χ4n) is 6.21. The molecule has 47 heavy (non-hydrogen) atoms. The molecule has 4 heterocycles. The van der Waals surface area contributed by atoms with E-state index in [1.807, 2.05) is 76.4 Å². The zero-order chi connectivity index (χ0) is 31.9. The van der Waals surface area contributed by atoms with E-state index in [-0.39, 0.29) is 11.6 Å². The molecule has 2 N–H and O–H groups in total. The third-order valence-corrected chi connectivity index (χ3v) is 9.49. The largest absolute Gasteiger partial charge is 0.476 e. The lowest BCUT2D eigenvalue weighted by Crippen LogP contribution is -2.33. The fraction of sp³-hybridized carbons (Fsp3) is 0.108. The van der Waals surface area contributed by atoms with E-state index in [0.717, 1.165) is 32.3 Å². The number of carboxylic acids is 1. The molecule has 0 bridgehead atoms. The maximum atomic E-state index is 13.5. The number of carbonyl (C=O) groups is 2. The van der Waals surface area contributed by atoms with Gasteiger partial charge in [0.1, 0.15) is 5.82 Å². The normalized spacial score (nSPS) is 12.7. The van der Waals surface area contributed by atoms with Crippen LogP contribution in [0.15, 0.2) is 109 Å². The molecule has 10 heteroatoms. The van der Waals surface area contributed by atoms with Crippen molar-refractivity contribution in [1.82, 2.24) is 19.7 Å². The maximum Gasteiger partial charge on any atom is 0.355 e. The molecule has 0 atom stereocenters. The molecule has 1 aliphatic rings. The number of aromatic carboxylic acids is 1. The summed E-state index contributed by atoms with van der Waals surface area (Å²) in [5.41, 5.74) is 5.64. The van der Waals surface area contributed by atoms with Gasteiger partial charge in [0, 0.05) is 36.0 Å². The summed E-state index contributed by atoms with van der Waals surface area (Å²) in [6.45, 7) is 1.62. The Balaban J connectivity index is 1.03. The lowest BCUT2D eigenvalue weighted by atomic mass is 9.94. The maximum absolute atomic E-state index is 13.5. The molecular weight excluding hydrogens is 609 g/mol. The second-order valence-corrected chi connectivity index (χ2v) is 12.6. The smallest absolute Gasteiger partial charge is 0.355 e. The molecule has 230 valence electrons. The molecule has 3 aromatic heterocycles. The molecule has 1 aliphatic heterocycles. The van der Waals surface area contributed by atoms with Gasteiger partial charge in [0.15, 0.2) is 10.8 Å². The first kappa shape index (κ1) is 28.6. The van der Waals surface area contributed by atoms with Crippen LogP contribution in [0.2, 0.25) is 0 Å². The number of nitrogens with one attached hydrogen (secondary N) is 1. The highest BCUT2D eigenvalue weighted by atomic mass is 32.1. The van der Waals surface area contributed by atoms with Gasteiger partial charge in [0.2, 0.25) is 0 Å². The topological polar surface area (TPSA) is 113 Å². The Bertz CT molecular complexity index is 2290. The SMILES string of the molecule is O=C(Nc1nc2ccccc2s1)c1cccc2c1CN(c1ccc(-c3cnn(Cc4ccc5ccccc5c4)c3)c(C(=O)O)n1)CC2. The van der Waals surface area contributed by atoms with Crippen LogP contribution in [-0.2, 0) is 19.5 Å². The number of fused-ring (bicyclic) bond motifs is 3. The lowest BCUT2D eigenvalue weighted by Gasteiger charge is -2.31. The van der Waals surface area contributed by atoms with Crippen molar-refractivity contribution < 1.29 is 14.7 Å². The van der Waals surface area contributed by atoms with Gasteiger partial charge in [0.25, 0.3) is 5.91 Å². The molecule has 9 nitrogen and oxygen atoms in total. The molecule has 0 fully saturated rings. The number of carboxylic acid groups (broad SMARTS) is 1. The summed E-state index contributed by atoms with van der Waals surface area (Å²) in [6, 6.07) is 31.7. The van der Waals surface area contributed by atoms with Gasteiger partial charge >= 0.3 is 5.97 Å². The molecule has 0 radical (unpaired) electrons. The highest BCUT2D eigenvalue weighted by Gasteiger charge is 2.25. The van der Waals surface area contributed by atoms with Crippen molar-refractivity contribution in [3.63, 3.8) is 0 Å². The Morgan fingerprint density at radius 3 is 2.62 bits per heavy atom. The number of thiazole rings is 1. The summed E-state index contributed by atoms with van der Waals surface area (Å²) in [5, 5.41) is 20.6. The lowest BCUT2D eigenvalue weighted by molar-refractivity contribution is 0.0691. The van der Waals surface area contributed by atoms with E-state index in [4.69, 9.17) is 0 Å². The summed E-state index contributed by atoms with van der Waals surface area (Å²) in [7, 11) is 0. The van der Waals surface area contributed by atoms with Gasteiger partial charge in [-0.2, -0.15) is 5.10 Å². The molecule has 7 aromatic rings. The summed E-state index contributed by atoms with van der Waals surface area (Å²) in [4.78, 5) is 37.1. The van der Waals surface area contributed by atoms with E-state index in [0.29, 0.717) is 53.7 Å².